The van der Waals surface area contributed by atoms with E-state index < -0.39 is 17.4 Å². The standard InChI is InChI=1S/C22H19F4N5O/c23-21(12-16-4-3-15(13-29-16)22(24,25)26)6-10-31(11-7-21)20(32)17-2-1-8-28-19(17)18-5-9-27-14-30-18/h1-5,8-9,13-14H,6-7,10-12H2. The highest BCUT2D eigenvalue weighted by Crippen LogP contribution is 2.33. The highest BCUT2D eigenvalue weighted by Gasteiger charge is 2.37. The van der Waals surface area contributed by atoms with E-state index in [1.165, 1.54) is 12.4 Å². The van der Waals surface area contributed by atoms with Gasteiger partial charge in [-0.1, -0.05) is 0 Å². The molecule has 0 bridgehead atoms. The van der Waals surface area contributed by atoms with Gasteiger partial charge in [-0.05, 0) is 43.2 Å². The molecule has 0 atom stereocenters. The van der Waals surface area contributed by atoms with E-state index in [2.05, 4.69) is 19.9 Å². The van der Waals surface area contributed by atoms with Crippen molar-refractivity contribution >= 4 is 5.91 Å². The highest BCUT2D eigenvalue weighted by molar-refractivity contribution is 5.99. The lowest BCUT2D eigenvalue weighted by molar-refractivity contribution is -0.137. The van der Waals surface area contributed by atoms with Crippen LogP contribution >= 0.6 is 0 Å². The number of nitrogens with zero attached hydrogens (tertiary/aromatic N) is 5. The number of pyridine rings is 2. The first-order valence-corrected chi connectivity index (χ1v) is 9.97. The summed E-state index contributed by atoms with van der Waals surface area (Å²) in [7, 11) is 0. The van der Waals surface area contributed by atoms with E-state index in [1.807, 2.05) is 0 Å². The maximum Gasteiger partial charge on any atom is 0.417 e. The summed E-state index contributed by atoms with van der Waals surface area (Å²) in [5.74, 6) is -0.276. The zero-order chi connectivity index (χ0) is 22.8. The first-order valence-electron chi connectivity index (χ1n) is 9.97. The second-order valence-electron chi connectivity index (χ2n) is 7.65. The van der Waals surface area contributed by atoms with Crippen LogP contribution in [0.1, 0.15) is 34.5 Å². The summed E-state index contributed by atoms with van der Waals surface area (Å²) in [4.78, 5) is 30.7. The number of alkyl halides is 4. The lowest BCUT2D eigenvalue weighted by atomic mass is 9.88. The quantitative estimate of drug-likeness (QED) is 0.565. The first kappa shape index (κ1) is 21.8. The van der Waals surface area contributed by atoms with Crippen molar-refractivity contribution in [2.45, 2.75) is 31.1 Å². The largest absolute Gasteiger partial charge is 0.417 e. The molecule has 32 heavy (non-hydrogen) atoms. The molecule has 0 radical (unpaired) electrons. The molecule has 0 spiro atoms. The fraction of sp³-hybridized carbons (Fsp3) is 0.318. The maximum absolute atomic E-state index is 15.3. The van der Waals surface area contributed by atoms with Gasteiger partial charge >= 0.3 is 6.18 Å². The number of rotatable bonds is 4. The average Bonchev–Trinajstić information content (AvgIpc) is 2.79. The van der Waals surface area contributed by atoms with E-state index in [4.69, 9.17) is 0 Å². The average molecular weight is 445 g/mol. The van der Waals surface area contributed by atoms with E-state index in [0.717, 1.165) is 6.07 Å². The van der Waals surface area contributed by atoms with Gasteiger partial charge in [-0.15, -0.1) is 0 Å². The van der Waals surface area contributed by atoms with Crippen LogP contribution in [0.4, 0.5) is 17.6 Å². The van der Waals surface area contributed by atoms with Crippen LogP contribution in [0, 0.1) is 0 Å². The Balaban J connectivity index is 1.43. The van der Waals surface area contributed by atoms with E-state index in [9.17, 15) is 18.0 Å². The number of amides is 1. The van der Waals surface area contributed by atoms with Crippen molar-refractivity contribution in [1.82, 2.24) is 24.8 Å². The van der Waals surface area contributed by atoms with E-state index in [1.54, 1.807) is 35.5 Å². The summed E-state index contributed by atoms with van der Waals surface area (Å²) in [6, 6.07) is 7.06. The van der Waals surface area contributed by atoms with E-state index >= 15 is 4.39 Å². The second-order valence-corrected chi connectivity index (χ2v) is 7.65. The van der Waals surface area contributed by atoms with Gasteiger partial charge in [-0.3, -0.25) is 14.8 Å². The molecule has 0 aliphatic carbocycles. The van der Waals surface area contributed by atoms with E-state index in [0.29, 0.717) is 23.1 Å². The summed E-state index contributed by atoms with van der Waals surface area (Å²) in [5, 5.41) is 0. The van der Waals surface area contributed by atoms with Crippen LogP contribution in [0.25, 0.3) is 11.4 Å². The number of halogens is 4. The lowest BCUT2D eigenvalue weighted by Gasteiger charge is -2.36. The third-order valence-electron chi connectivity index (χ3n) is 5.46. The Morgan fingerprint density at radius 2 is 1.81 bits per heavy atom. The van der Waals surface area contributed by atoms with Crippen LogP contribution in [0.15, 0.2) is 55.2 Å². The first-order chi connectivity index (χ1) is 15.3. The number of likely N-dealkylation sites (tertiary alicyclic amines) is 1. The monoisotopic (exact) mass is 445 g/mol. The van der Waals surface area contributed by atoms with Crippen molar-refractivity contribution in [3.05, 3.63) is 72.1 Å². The Hall–Kier alpha value is -3.43. The molecule has 0 N–H and O–H groups in total. The van der Waals surface area contributed by atoms with Crippen LogP contribution in [-0.2, 0) is 12.6 Å². The van der Waals surface area contributed by atoms with Crippen molar-refractivity contribution < 1.29 is 22.4 Å². The van der Waals surface area contributed by atoms with Crippen molar-refractivity contribution in [1.29, 1.82) is 0 Å². The minimum atomic E-state index is -4.48. The molecule has 4 heterocycles. The van der Waals surface area contributed by atoms with Crippen molar-refractivity contribution in [2.75, 3.05) is 13.1 Å². The third-order valence-corrected chi connectivity index (χ3v) is 5.46. The summed E-state index contributed by atoms with van der Waals surface area (Å²) in [5.41, 5.74) is -0.972. The Morgan fingerprint density at radius 1 is 1.03 bits per heavy atom. The topological polar surface area (TPSA) is 71.9 Å². The molecule has 1 saturated heterocycles. The zero-order valence-corrected chi connectivity index (χ0v) is 16.9. The molecular formula is C22H19F4N5O. The molecule has 166 valence electrons. The van der Waals surface area contributed by atoms with Crippen LogP contribution in [-0.4, -0.2) is 49.5 Å². The predicted octanol–water partition coefficient (Wildman–Crippen LogP) is 4.14. The van der Waals surface area contributed by atoms with E-state index in [-0.39, 0.29) is 44.0 Å². The summed E-state index contributed by atoms with van der Waals surface area (Å²) >= 11 is 0. The van der Waals surface area contributed by atoms with Crippen LogP contribution in [0.2, 0.25) is 0 Å². The summed E-state index contributed by atoms with van der Waals surface area (Å²) < 4.78 is 53.4. The molecule has 1 amide bonds. The number of carbonyl (C=O) groups is 1. The number of carbonyl (C=O) groups excluding carboxylic acids is 1. The number of aromatic nitrogens is 4. The van der Waals surface area contributed by atoms with Gasteiger partial charge in [0.1, 0.15) is 17.7 Å². The molecule has 0 unspecified atom stereocenters. The van der Waals surface area contributed by atoms with Crippen molar-refractivity contribution in [3.63, 3.8) is 0 Å². The number of hydrogen-bond donors (Lipinski definition) is 0. The Bertz CT molecular complexity index is 1080. The predicted molar refractivity (Wildman–Crippen MR) is 107 cm³/mol. The fourth-order valence-electron chi connectivity index (χ4n) is 3.69. The van der Waals surface area contributed by atoms with Crippen molar-refractivity contribution in [3.8, 4) is 11.4 Å². The molecule has 1 aliphatic heterocycles. The smallest absolute Gasteiger partial charge is 0.338 e. The molecule has 3 aromatic rings. The molecule has 6 nitrogen and oxygen atoms in total. The second kappa shape index (κ2) is 8.60. The molecule has 1 aliphatic rings. The minimum absolute atomic E-state index is 0.0601. The third kappa shape index (κ3) is 4.74. The minimum Gasteiger partial charge on any atom is -0.338 e. The molecular weight excluding hydrogens is 426 g/mol. The maximum atomic E-state index is 15.3. The Labute approximate surface area is 181 Å². The SMILES string of the molecule is O=C(c1cccnc1-c1ccncn1)N1CCC(F)(Cc2ccc(C(F)(F)F)cn2)CC1. The van der Waals surface area contributed by atoms with Gasteiger partial charge in [0.05, 0.1) is 16.8 Å². The van der Waals surface area contributed by atoms with Crippen LogP contribution < -0.4 is 0 Å². The Morgan fingerprint density at radius 3 is 2.44 bits per heavy atom. The lowest BCUT2D eigenvalue weighted by Crippen LogP contribution is -2.45. The van der Waals surface area contributed by atoms with Gasteiger partial charge in [0.15, 0.2) is 0 Å². The molecule has 10 heteroatoms. The van der Waals surface area contributed by atoms with Gasteiger partial charge in [-0.25, -0.2) is 14.4 Å². The van der Waals surface area contributed by atoms with Gasteiger partial charge in [0.25, 0.3) is 5.91 Å². The molecule has 0 saturated carbocycles. The highest BCUT2D eigenvalue weighted by atomic mass is 19.4. The summed E-state index contributed by atoms with van der Waals surface area (Å²) in [6.07, 6.45) is 0.732. The normalized spacial score (nSPS) is 16.1. The molecule has 1 fully saturated rings. The fourth-order valence-corrected chi connectivity index (χ4v) is 3.69. The number of piperidine rings is 1. The van der Waals surface area contributed by atoms with Gasteiger partial charge in [0, 0.05) is 43.8 Å². The van der Waals surface area contributed by atoms with Gasteiger partial charge in [-0.2, -0.15) is 13.2 Å². The molecule has 3 aromatic heterocycles. The molecule has 4 rings (SSSR count). The Kier molecular flexibility index (Phi) is 5.86. The summed E-state index contributed by atoms with van der Waals surface area (Å²) in [6.45, 7) is 0.349. The van der Waals surface area contributed by atoms with Gasteiger partial charge in [0.2, 0.25) is 0 Å². The zero-order valence-electron chi connectivity index (χ0n) is 16.9. The number of hydrogen-bond acceptors (Lipinski definition) is 5. The van der Waals surface area contributed by atoms with Crippen LogP contribution in [0.5, 0.6) is 0 Å². The van der Waals surface area contributed by atoms with Gasteiger partial charge < -0.3 is 4.90 Å². The van der Waals surface area contributed by atoms with Crippen molar-refractivity contribution in [2.24, 2.45) is 0 Å². The molecule has 0 aromatic carbocycles. The van der Waals surface area contributed by atoms with Crippen LogP contribution in [0.3, 0.4) is 0 Å².